The highest BCUT2D eigenvalue weighted by Crippen LogP contribution is 2.26. The van der Waals surface area contributed by atoms with Crippen LogP contribution >= 0.6 is 11.6 Å². The SMILES string of the molecule is COc1cc(OC)cc(C(=O)NCc2cc(=O)oc3cc(C)c(Cl)cc23)c1. The molecule has 0 aliphatic rings. The minimum Gasteiger partial charge on any atom is -0.497 e. The highest BCUT2D eigenvalue weighted by atomic mass is 35.5. The summed E-state index contributed by atoms with van der Waals surface area (Å²) in [5.74, 6) is 0.687. The van der Waals surface area contributed by atoms with E-state index in [0.29, 0.717) is 38.6 Å². The maximum absolute atomic E-state index is 12.5. The summed E-state index contributed by atoms with van der Waals surface area (Å²) < 4.78 is 15.6. The van der Waals surface area contributed by atoms with Crippen LogP contribution in [-0.4, -0.2) is 20.1 Å². The van der Waals surface area contributed by atoms with Gasteiger partial charge in [-0.25, -0.2) is 4.79 Å². The molecule has 6 nitrogen and oxygen atoms in total. The summed E-state index contributed by atoms with van der Waals surface area (Å²) >= 11 is 6.19. The lowest BCUT2D eigenvalue weighted by atomic mass is 10.1. The Morgan fingerprint density at radius 1 is 1.07 bits per heavy atom. The average Bonchev–Trinajstić information content (AvgIpc) is 2.66. The minimum absolute atomic E-state index is 0.139. The maximum Gasteiger partial charge on any atom is 0.336 e. The van der Waals surface area contributed by atoms with Crippen LogP contribution in [0, 0.1) is 6.92 Å². The fourth-order valence-corrected chi connectivity index (χ4v) is 2.87. The van der Waals surface area contributed by atoms with Gasteiger partial charge in [-0.05, 0) is 42.3 Å². The van der Waals surface area contributed by atoms with Crippen LogP contribution in [0.1, 0.15) is 21.5 Å². The molecule has 1 aromatic heterocycles. The quantitative estimate of drug-likeness (QED) is 0.675. The number of ether oxygens (including phenoxy) is 2. The fraction of sp³-hybridized carbons (Fsp3) is 0.200. The molecule has 2 aromatic carbocycles. The van der Waals surface area contributed by atoms with Gasteiger partial charge in [0.05, 0.1) is 14.2 Å². The molecule has 0 aliphatic heterocycles. The Labute approximate surface area is 160 Å². The van der Waals surface area contributed by atoms with Crippen molar-refractivity contribution in [3.8, 4) is 11.5 Å². The molecule has 0 atom stereocenters. The number of amides is 1. The van der Waals surface area contributed by atoms with E-state index < -0.39 is 5.63 Å². The first-order valence-corrected chi connectivity index (χ1v) is 8.53. The molecule has 0 radical (unpaired) electrons. The molecule has 140 valence electrons. The molecular weight excluding hydrogens is 370 g/mol. The topological polar surface area (TPSA) is 77.8 Å². The monoisotopic (exact) mass is 387 g/mol. The van der Waals surface area contributed by atoms with Gasteiger partial charge in [-0.1, -0.05) is 11.6 Å². The van der Waals surface area contributed by atoms with Gasteiger partial charge in [0.15, 0.2) is 0 Å². The summed E-state index contributed by atoms with van der Waals surface area (Å²) in [7, 11) is 3.02. The van der Waals surface area contributed by atoms with Crippen LogP contribution in [0.25, 0.3) is 11.0 Å². The Morgan fingerprint density at radius 2 is 1.74 bits per heavy atom. The summed E-state index contributed by atoms with van der Waals surface area (Å²) in [6, 6.07) is 9.67. The number of rotatable bonds is 5. The minimum atomic E-state index is -0.489. The second-order valence-corrected chi connectivity index (χ2v) is 6.38. The van der Waals surface area contributed by atoms with E-state index in [1.54, 1.807) is 30.3 Å². The largest absolute Gasteiger partial charge is 0.497 e. The molecule has 0 fully saturated rings. The van der Waals surface area contributed by atoms with Crippen molar-refractivity contribution >= 4 is 28.5 Å². The number of carbonyl (C=O) groups is 1. The zero-order chi connectivity index (χ0) is 19.6. The number of carbonyl (C=O) groups excluding carboxylic acids is 1. The van der Waals surface area contributed by atoms with Gasteiger partial charge in [0.2, 0.25) is 0 Å². The van der Waals surface area contributed by atoms with E-state index in [-0.39, 0.29) is 12.5 Å². The maximum atomic E-state index is 12.5. The number of hydrogen-bond donors (Lipinski definition) is 1. The molecule has 0 unspecified atom stereocenters. The first-order chi connectivity index (χ1) is 12.9. The van der Waals surface area contributed by atoms with E-state index in [4.69, 9.17) is 25.5 Å². The van der Waals surface area contributed by atoms with Crippen molar-refractivity contribution in [1.29, 1.82) is 0 Å². The smallest absolute Gasteiger partial charge is 0.336 e. The second-order valence-electron chi connectivity index (χ2n) is 5.97. The Kier molecular flexibility index (Phi) is 5.37. The van der Waals surface area contributed by atoms with Gasteiger partial charge >= 0.3 is 5.63 Å². The Balaban J connectivity index is 1.90. The molecule has 27 heavy (non-hydrogen) atoms. The lowest BCUT2D eigenvalue weighted by Gasteiger charge is -2.11. The van der Waals surface area contributed by atoms with Gasteiger partial charge in [-0.2, -0.15) is 0 Å². The summed E-state index contributed by atoms with van der Waals surface area (Å²) in [4.78, 5) is 24.4. The Hall–Kier alpha value is -2.99. The standard InChI is InChI=1S/C20H18ClNO5/c1-11-4-18-16(9-17(11)21)13(7-19(23)27-18)10-22-20(24)12-5-14(25-2)8-15(6-12)26-3/h4-9H,10H2,1-3H3,(H,22,24). The highest BCUT2D eigenvalue weighted by Gasteiger charge is 2.13. The second kappa shape index (κ2) is 7.72. The number of hydrogen-bond acceptors (Lipinski definition) is 5. The number of aryl methyl sites for hydroxylation is 1. The van der Waals surface area contributed by atoms with Crippen LogP contribution in [-0.2, 0) is 6.54 Å². The molecule has 0 saturated heterocycles. The predicted molar refractivity (Wildman–Crippen MR) is 103 cm³/mol. The van der Waals surface area contributed by atoms with Gasteiger partial charge in [0, 0.05) is 34.6 Å². The molecule has 0 aliphatic carbocycles. The average molecular weight is 388 g/mol. The van der Waals surface area contributed by atoms with Crippen LogP contribution < -0.4 is 20.4 Å². The summed E-state index contributed by atoms with van der Waals surface area (Å²) in [5.41, 5.74) is 1.74. The van der Waals surface area contributed by atoms with E-state index in [1.807, 2.05) is 6.92 Å². The molecule has 0 spiro atoms. The number of halogens is 1. The Bertz CT molecular complexity index is 1050. The lowest BCUT2D eigenvalue weighted by Crippen LogP contribution is -2.23. The zero-order valence-corrected chi connectivity index (χ0v) is 15.8. The first kappa shape index (κ1) is 18.8. The highest BCUT2D eigenvalue weighted by molar-refractivity contribution is 6.32. The third-order valence-electron chi connectivity index (χ3n) is 4.16. The van der Waals surface area contributed by atoms with Crippen molar-refractivity contribution in [2.75, 3.05) is 14.2 Å². The molecule has 3 aromatic rings. The van der Waals surface area contributed by atoms with Gasteiger partial charge in [0.1, 0.15) is 17.1 Å². The van der Waals surface area contributed by atoms with Crippen molar-refractivity contribution in [2.45, 2.75) is 13.5 Å². The zero-order valence-electron chi connectivity index (χ0n) is 15.1. The molecule has 0 bridgehead atoms. The number of benzene rings is 2. The normalized spacial score (nSPS) is 10.7. The predicted octanol–water partition coefficient (Wildman–Crippen LogP) is 3.70. The fourth-order valence-electron chi connectivity index (χ4n) is 2.71. The van der Waals surface area contributed by atoms with Crippen molar-refractivity contribution in [2.24, 2.45) is 0 Å². The lowest BCUT2D eigenvalue weighted by molar-refractivity contribution is 0.0950. The molecule has 1 N–H and O–H groups in total. The van der Waals surface area contributed by atoms with E-state index in [0.717, 1.165) is 5.56 Å². The number of nitrogens with one attached hydrogen (secondary N) is 1. The van der Waals surface area contributed by atoms with Crippen molar-refractivity contribution in [3.63, 3.8) is 0 Å². The molecule has 7 heteroatoms. The van der Waals surface area contributed by atoms with Crippen LogP contribution in [0.2, 0.25) is 5.02 Å². The van der Waals surface area contributed by atoms with Crippen molar-refractivity contribution in [3.05, 3.63) is 68.5 Å². The summed E-state index contributed by atoms with van der Waals surface area (Å²) in [5, 5.41) is 4.03. The third-order valence-corrected chi connectivity index (χ3v) is 4.57. The van der Waals surface area contributed by atoms with Crippen LogP contribution in [0.15, 0.2) is 45.6 Å². The van der Waals surface area contributed by atoms with Crippen molar-refractivity contribution < 1.29 is 18.7 Å². The van der Waals surface area contributed by atoms with E-state index in [2.05, 4.69) is 5.32 Å². The third kappa shape index (κ3) is 4.06. The molecule has 0 saturated carbocycles. The molecule has 1 amide bonds. The van der Waals surface area contributed by atoms with Gasteiger partial charge in [-0.3, -0.25) is 4.79 Å². The summed E-state index contributed by atoms with van der Waals surface area (Å²) in [6.07, 6.45) is 0. The molecule has 1 heterocycles. The van der Waals surface area contributed by atoms with Crippen LogP contribution in [0.3, 0.4) is 0 Å². The van der Waals surface area contributed by atoms with E-state index in [9.17, 15) is 9.59 Å². The summed E-state index contributed by atoms with van der Waals surface area (Å²) in [6.45, 7) is 1.96. The van der Waals surface area contributed by atoms with Crippen LogP contribution in [0.5, 0.6) is 11.5 Å². The van der Waals surface area contributed by atoms with E-state index in [1.165, 1.54) is 20.3 Å². The van der Waals surface area contributed by atoms with Crippen LogP contribution in [0.4, 0.5) is 0 Å². The number of methoxy groups -OCH3 is 2. The van der Waals surface area contributed by atoms with Gasteiger partial charge in [-0.15, -0.1) is 0 Å². The molecular formula is C20H18ClNO5. The van der Waals surface area contributed by atoms with Gasteiger partial charge < -0.3 is 19.2 Å². The van der Waals surface area contributed by atoms with Crippen molar-refractivity contribution in [1.82, 2.24) is 5.32 Å². The molecule has 3 rings (SSSR count). The van der Waals surface area contributed by atoms with Gasteiger partial charge in [0.25, 0.3) is 5.91 Å². The number of fused-ring (bicyclic) bond motifs is 1. The Morgan fingerprint density at radius 3 is 2.37 bits per heavy atom. The van der Waals surface area contributed by atoms with E-state index >= 15 is 0 Å². The first-order valence-electron chi connectivity index (χ1n) is 8.15.